The van der Waals surface area contributed by atoms with Gasteiger partial charge in [-0.3, -0.25) is 0 Å². The van der Waals surface area contributed by atoms with Crippen molar-refractivity contribution in [3.8, 4) is 0 Å². The second kappa shape index (κ2) is 5.79. The number of hydrogen-bond acceptors (Lipinski definition) is 4. The van der Waals surface area contributed by atoms with Gasteiger partial charge in [0.05, 0.1) is 18.4 Å². The standard InChI is InChI=1S/C13H10BrFN2O2/c1-19-13(18)8-4-5-16-12(6-8)17-11-7-9(15)2-3-10(11)14/h2-7H,1H3,(H,16,17). The van der Waals surface area contributed by atoms with Crippen LogP contribution in [0.4, 0.5) is 15.9 Å². The Morgan fingerprint density at radius 1 is 1.37 bits per heavy atom. The minimum absolute atomic E-state index is 0.366. The topological polar surface area (TPSA) is 51.2 Å². The van der Waals surface area contributed by atoms with Gasteiger partial charge in [-0.05, 0) is 46.3 Å². The molecule has 0 aliphatic rings. The normalized spacial score (nSPS) is 10.1. The number of anilines is 2. The number of methoxy groups -OCH3 is 1. The fraction of sp³-hybridized carbons (Fsp3) is 0.0769. The zero-order chi connectivity index (χ0) is 13.8. The zero-order valence-electron chi connectivity index (χ0n) is 9.98. The van der Waals surface area contributed by atoms with Gasteiger partial charge in [0, 0.05) is 10.7 Å². The number of ether oxygens (including phenoxy) is 1. The van der Waals surface area contributed by atoms with Crippen molar-refractivity contribution in [1.82, 2.24) is 4.98 Å². The quantitative estimate of drug-likeness (QED) is 0.878. The van der Waals surface area contributed by atoms with Crippen molar-refractivity contribution in [3.63, 3.8) is 0 Å². The summed E-state index contributed by atoms with van der Waals surface area (Å²) in [6.45, 7) is 0. The van der Waals surface area contributed by atoms with E-state index in [1.807, 2.05) is 0 Å². The Kier molecular flexibility index (Phi) is 4.11. The second-order valence-corrected chi connectivity index (χ2v) is 4.52. The Hall–Kier alpha value is -1.95. The second-order valence-electron chi connectivity index (χ2n) is 3.67. The molecule has 0 saturated carbocycles. The number of rotatable bonds is 3. The van der Waals surface area contributed by atoms with Gasteiger partial charge in [0.1, 0.15) is 11.6 Å². The molecule has 0 bridgehead atoms. The molecule has 2 rings (SSSR count). The maximum absolute atomic E-state index is 13.2. The molecule has 1 N–H and O–H groups in total. The number of nitrogens with one attached hydrogen (secondary N) is 1. The zero-order valence-corrected chi connectivity index (χ0v) is 11.6. The van der Waals surface area contributed by atoms with Crippen LogP contribution in [0, 0.1) is 5.82 Å². The minimum Gasteiger partial charge on any atom is -0.465 e. The van der Waals surface area contributed by atoms with E-state index in [0.717, 1.165) is 0 Å². The summed E-state index contributed by atoms with van der Waals surface area (Å²) in [5.41, 5.74) is 0.891. The van der Waals surface area contributed by atoms with E-state index in [1.54, 1.807) is 6.07 Å². The fourth-order valence-corrected chi connectivity index (χ4v) is 1.82. The Balaban J connectivity index is 2.28. The maximum Gasteiger partial charge on any atom is 0.338 e. The summed E-state index contributed by atoms with van der Waals surface area (Å²) < 4.78 is 18.5. The highest BCUT2D eigenvalue weighted by Gasteiger charge is 2.08. The van der Waals surface area contributed by atoms with E-state index in [0.29, 0.717) is 21.5 Å². The summed E-state index contributed by atoms with van der Waals surface area (Å²) >= 11 is 3.30. The number of benzene rings is 1. The number of carbonyl (C=O) groups excluding carboxylic acids is 1. The van der Waals surface area contributed by atoms with E-state index in [1.165, 1.54) is 37.6 Å². The lowest BCUT2D eigenvalue weighted by Crippen LogP contribution is -2.03. The summed E-state index contributed by atoms with van der Waals surface area (Å²) in [6, 6.07) is 7.33. The highest BCUT2D eigenvalue weighted by atomic mass is 79.9. The van der Waals surface area contributed by atoms with Gasteiger partial charge in [-0.25, -0.2) is 14.2 Å². The Labute approximate surface area is 117 Å². The van der Waals surface area contributed by atoms with Crippen LogP contribution in [0.1, 0.15) is 10.4 Å². The molecule has 1 aromatic heterocycles. The number of esters is 1. The molecule has 0 aliphatic heterocycles. The first-order valence-electron chi connectivity index (χ1n) is 5.36. The molecule has 2 aromatic rings. The third kappa shape index (κ3) is 3.29. The van der Waals surface area contributed by atoms with Crippen molar-refractivity contribution in [2.45, 2.75) is 0 Å². The van der Waals surface area contributed by atoms with Gasteiger partial charge >= 0.3 is 5.97 Å². The van der Waals surface area contributed by atoms with Crippen molar-refractivity contribution in [3.05, 3.63) is 52.4 Å². The lowest BCUT2D eigenvalue weighted by molar-refractivity contribution is 0.0600. The largest absolute Gasteiger partial charge is 0.465 e. The van der Waals surface area contributed by atoms with Crippen molar-refractivity contribution >= 4 is 33.4 Å². The van der Waals surface area contributed by atoms with Crippen LogP contribution in [-0.4, -0.2) is 18.1 Å². The molecule has 1 heterocycles. The fourth-order valence-electron chi connectivity index (χ4n) is 1.47. The van der Waals surface area contributed by atoms with Crippen LogP contribution in [0.25, 0.3) is 0 Å². The van der Waals surface area contributed by atoms with E-state index in [4.69, 9.17) is 0 Å². The summed E-state index contributed by atoms with van der Waals surface area (Å²) in [4.78, 5) is 15.5. The Morgan fingerprint density at radius 3 is 2.89 bits per heavy atom. The highest BCUT2D eigenvalue weighted by molar-refractivity contribution is 9.10. The van der Waals surface area contributed by atoms with Gasteiger partial charge in [0.15, 0.2) is 0 Å². The highest BCUT2D eigenvalue weighted by Crippen LogP contribution is 2.26. The van der Waals surface area contributed by atoms with Crippen LogP contribution in [0.5, 0.6) is 0 Å². The number of pyridine rings is 1. The van der Waals surface area contributed by atoms with Crippen LogP contribution in [0.2, 0.25) is 0 Å². The number of carbonyl (C=O) groups is 1. The van der Waals surface area contributed by atoms with Gasteiger partial charge < -0.3 is 10.1 Å². The van der Waals surface area contributed by atoms with E-state index >= 15 is 0 Å². The predicted molar refractivity (Wildman–Crippen MR) is 73.0 cm³/mol. The number of hydrogen-bond donors (Lipinski definition) is 1. The van der Waals surface area contributed by atoms with Gasteiger partial charge in [-0.15, -0.1) is 0 Å². The smallest absolute Gasteiger partial charge is 0.338 e. The third-order valence-corrected chi connectivity index (χ3v) is 3.06. The monoisotopic (exact) mass is 324 g/mol. The molecule has 0 radical (unpaired) electrons. The Morgan fingerprint density at radius 2 is 2.16 bits per heavy atom. The van der Waals surface area contributed by atoms with Crippen LogP contribution in [0.3, 0.4) is 0 Å². The van der Waals surface area contributed by atoms with E-state index in [2.05, 4.69) is 31.0 Å². The molecule has 6 heteroatoms. The molecular formula is C13H10BrFN2O2. The summed E-state index contributed by atoms with van der Waals surface area (Å²) in [6.07, 6.45) is 1.47. The lowest BCUT2D eigenvalue weighted by atomic mass is 10.2. The first-order chi connectivity index (χ1) is 9.10. The van der Waals surface area contributed by atoms with E-state index < -0.39 is 5.97 Å². The molecule has 0 spiro atoms. The summed E-state index contributed by atoms with van der Waals surface area (Å²) in [5, 5.41) is 2.93. The molecule has 0 fully saturated rings. The van der Waals surface area contributed by atoms with Crippen LogP contribution < -0.4 is 5.32 Å². The number of halogens is 2. The van der Waals surface area contributed by atoms with Crippen LogP contribution in [0.15, 0.2) is 41.0 Å². The van der Waals surface area contributed by atoms with Crippen molar-refractivity contribution in [1.29, 1.82) is 0 Å². The Bertz CT molecular complexity index is 619. The molecule has 0 atom stereocenters. The van der Waals surface area contributed by atoms with Gasteiger partial charge in [-0.2, -0.15) is 0 Å². The molecule has 4 nitrogen and oxygen atoms in total. The molecular weight excluding hydrogens is 315 g/mol. The third-order valence-electron chi connectivity index (χ3n) is 2.37. The predicted octanol–water partition coefficient (Wildman–Crippen LogP) is 3.51. The SMILES string of the molecule is COC(=O)c1ccnc(Nc2cc(F)ccc2Br)c1. The van der Waals surface area contributed by atoms with Gasteiger partial charge in [0.2, 0.25) is 0 Å². The molecule has 0 amide bonds. The van der Waals surface area contributed by atoms with Crippen molar-refractivity contribution in [2.75, 3.05) is 12.4 Å². The van der Waals surface area contributed by atoms with E-state index in [9.17, 15) is 9.18 Å². The molecule has 0 unspecified atom stereocenters. The summed E-state index contributed by atoms with van der Waals surface area (Å²) in [7, 11) is 1.30. The van der Waals surface area contributed by atoms with Crippen molar-refractivity contribution in [2.24, 2.45) is 0 Å². The van der Waals surface area contributed by atoms with Gasteiger partial charge in [-0.1, -0.05) is 0 Å². The number of aromatic nitrogens is 1. The first-order valence-corrected chi connectivity index (χ1v) is 6.16. The van der Waals surface area contributed by atoms with Crippen LogP contribution >= 0.6 is 15.9 Å². The van der Waals surface area contributed by atoms with E-state index in [-0.39, 0.29) is 5.82 Å². The molecule has 1 aromatic carbocycles. The van der Waals surface area contributed by atoms with Gasteiger partial charge in [0.25, 0.3) is 0 Å². The van der Waals surface area contributed by atoms with Crippen LogP contribution in [-0.2, 0) is 4.74 Å². The first kappa shape index (κ1) is 13.5. The number of nitrogens with zero attached hydrogens (tertiary/aromatic N) is 1. The molecule has 98 valence electrons. The lowest BCUT2D eigenvalue weighted by Gasteiger charge is -2.08. The molecule has 19 heavy (non-hydrogen) atoms. The minimum atomic E-state index is -0.455. The summed E-state index contributed by atoms with van der Waals surface area (Å²) in [5.74, 6) is -0.396. The maximum atomic E-state index is 13.2. The molecule has 0 aliphatic carbocycles. The van der Waals surface area contributed by atoms with Crippen molar-refractivity contribution < 1.29 is 13.9 Å². The average Bonchev–Trinajstić information content (AvgIpc) is 2.42. The molecule has 0 saturated heterocycles. The average molecular weight is 325 g/mol.